The van der Waals surface area contributed by atoms with Gasteiger partial charge in [-0.3, -0.25) is 29.1 Å². The van der Waals surface area contributed by atoms with Gasteiger partial charge in [0.1, 0.15) is 52.7 Å². The molecule has 0 spiro atoms. The third kappa shape index (κ3) is 18.1. The largest absolute Gasteiger partial charge is 0.494 e. The first-order chi connectivity index (χ1) is 47.8. The van der Waals surface area contributed by atoms with Crippen LogP contribution in [0.1, 0.15) is 79.3 Å². The predicted octanol–water partition coefficient (Wildman–Crippen LogP) is 9.97. The van der Waals surface area contributed by atoms with Crippen LogP contribution in [0.15, 0.2) is 72.3 Å². The Bertz CT molecular complexity index is 3970. The highest BCUT2D eigenvalue weighted by Gasteiger charge is 2.33. The number of methoxy groups -OCH3 is 1. The Morgan fingerprint density at radius 1 is 0.687 bits per heavy atom. The Kier molecular flexibility index (Phi) is 24.3. The number of benzene rings is 5. The van der Waals surface area contributed by atoms with Crippen LogP contribution in [0.4, 0.5) is 40.3 Å². The van der Waals surface area contributed by atoms with Crippen molar-refractivity contribution in [1.82, 2.24) is 24.8 Å². The first kappa shape index (κ1) is 72.1. The zero-order valence-electron chi connectivity index (χ0n) is 56.1. The first-order valence-corrected chi connectivity index (χ1v) is 34.3. The van der Waals surface area contributed by atoms with E-state index >= 15 is 4.39 Å². The summed E-state index contributed by atoms with van der Waals surface area (Å²) in [6.07, 6.45) is 12.1. The molecule has 99 heavy (non-hydrogen) atoms. The van der Waals surface area contributed by atoms with Gasteiger partial charge in [-0.1, -0.05) is 41.4 Å². The molecule has 1 aromatic heterocycles. The van der Waals surface area contributed by atoms with Gasteiger partial charge < -0.3 is 74.7 Å². The number of ether oxygens (including phenoxy) is 6. The Balaban J connectivity index is 0.000000138. The van der Waals surface area contributed by atoms with Crippen LogP contribution in [-0.4, -0.2) is 166 Å². The topological polar surface area (TPSA) is 247 Å². The van der Waals surface area contributed by atoms with E-state index in [9.17, 15) is 42.4 Å². The molecule has 5 aromatic carbocycles. The van der Waals surface area contributed by atoms with Gasteiger partial charge in [0, 0.05) is 36.3 Å². The summed E-state index contributed by atoms with van der Waals surface area (Å²) >= 11 is 6.14. The second kappa shape index (κ2) is 33.3. The highest BCUT2D eigenvalue weighted by molar-refractivity contribution is 6.45. The number of carbonyl (C=O) groups excluding carboxylic acids is 4. The summed E-state index contributed by atoms with van der Waals surface area (Å²) in [6.45, 7) is 13.2. The van der Waals surface area contributed by atoms with Gasteiger partial charge in [0.15, 0.2) is 60.3 Å². The molecule has 7 N–H and O–H groups in total. The number of nitrogens with one attached hydrogen (secondary N) is 5. The lowest BCUT2D eigenvalue weighted by atomic mass is 9.79. The van der Waals surface area contributed by atoms with Crippen molar-refractivity contribution in [3.8, 4) is 34.5 Å². The van der Waals surface area contributed by atoms with E-state index in [2.05, 4.69) is 36.5 Å². The Morgan fingerprint density at radius 2 is 1.29 bits per heavy atom. The number of aromatic nitrogens is 1. The van der Waals surface area contributed by atoms with Crippen LogP contribution in [0.5, 0.6) is 34.5 Å². The highest BCUT2D eigenvalue weighted by atomic mass is 35.5. The van der Waals surface area contributed by atoms with Crippen molar-refractivity contribution in [2.45, 2.75) is 97.3 Å². The van der Waals surface area contributed by atoms with Gasteiger partial charge in [0.2, 0.25) is 6.41 Å². The van der Waals surface area contributed by atoms with Gasteiger partial charge in [-0.2, -0.15) is 0 Å². The van der Waals surface area contributed by atoms with E-state index < -0.39 is 31.6 Å². The summed E-state index contributed by atoms with van der Waals surface area (Å²) in [5.41, 5.74) is 5.43. The standard InChI is InChI=1S/C27H28FN3O4.C15H17BClFN2O3.C15H22BFN2O3.C14H17FN2O2/c1-16-4-6-20-21(29-16)7-9-23-27(20)35-19(14-33-23)13-31-10-2-3-17(12-31)11-18-5-8-22-26(25(18)28)30-24(32)15-34-22;1-16(22)20-4-2-3-9(7-20)5-10-6-11(17)15-14(13(10)18)19-12(21)8-23-15;1-16(21)19-7-3-4-11(9-19)8-12-5-6-13(22-2)15(14(12)17)18-10-20;15-13-10(6-9-2-1-5-16-7-9)3-4-11-14(13)17-12(18)8-19-11/h4-9,17,19H,2-3,10-15H2,1H3,(H,30,32);5-6,22H,2-4,7-8H2,1H3,(H,19,21);5-6,10-11,21H,3-4,7-9H2,1-2H3,(H,18,20);3-4,9,16H,1-2,5-8H2,(H,17,18)/b;9-5+;;/t17?,19-;;;/m0.../s1. The molecule has 0 aliphatic carbocycles. The fourth-order valence-electron chi connectivity index (χ4n) is 14.0. The number of piperidine rings is 4. The molecule has 4 saturated heterocycles. The van der Waals surface area contributed by atoms with Gasteiger partial charge in [-0.15, -0.1) is 0 Å². The molecule has 28 heteroatoms. The third-order valence-electron chi connectivity index (χ3n) is 19.0. The Hall–Kier alpha value is -8.17. The highest BCUT2D eigenvalue weighted by Crippen LogP contribution is 2.43. The van der Waals surface area contributed by atoms with E-state index in [0.29, 0.717) is 90.2 Å². The van der Waals surface area contributed by atoms with Crippen molar-refractivity contribution in [1.29, 1.82) is 0 Å². The minimum absolute atomic E-state index is 0.0104. The lowest BCUT2D eigenvalue weighted by molar-refractivity contribution is -0.119. The van der Waals surface area contributed by atoms with Crippen molar-refractivity contribution < 1.29 is 75.2 Å². The van der Waals surface area contributed by atoms with E-state index in [1.165, 1.54) is 13.2 Å². The molecule has 3 unspecified atom stereocenters. The number of halogens is 5. The number of rotatable bonds is 14. The molecule has 0 bridgehead atoms. The maximum absolute atomic E-state index is 15.1. The molecule has 8 aliphatic rings. The normalized spacial score (nSPS) is 20.8. The van der Waals surface area contributed by atoms with Gasteiger partial charge in [-0.25, -0.2) is 17.6 Å². The number of aryl methyl sites for hydroxylation is 1. The maximum Gasteiger partial charge on any atom is 0.376 e. The van der Waals surface area contributed by atoms with Crippen LogP contribution < -0.4 is 55.0 Å². The zero-order chi connectivity index (χ0) is 69.9. The molecule has 14 rings (SSSR count). The van der Waals surface area contributed by atoms with Crippen molar-refractivity contribution in [3.05, 3.63) is 129 Å². The van der Waals surface area contributed by atoms with Gasteiger partial charge in [0.05, 0.1) is 17.6 Å². The molecule has 4 atom stereocenters. The lowest BCUT2D eigenvalue weighted by Crippen LogP contribution is -2.45. The van der Waals surface area contributed by atoms with Crippen molar-refractivity contribution >= 4 is 89.6 Å². The van der Waals surface area contributed by atoms with Crippen molar-refractivity contribution in [2.75, 3.05) is 114 Å². The number of amides is 4. The van der Waals surface area contributed by atoms with Gasteiger partial charge in [0.25, 0.3) is 17.7 Å². The minimum Gasteiger partial charge on any atom is -0.494 e. The van der Waals surface area contributed by atoms with Crippen LogP contribution in [0.25, 0.3) is 17.0 Å². The number of pyridine rings is 1. The average molecular weight is 1390 g/mol. The molecule has 21 nitrogen and oxygen atoms in total. The Labute approximate surface area is 578 Å². The third-order valence-corrected chi connectivity index (χ3v) is 19.3. The molecular weight excluding hydrogens is 1300 g/mol. The average Bonchev–Trinajstić information content (AvgIpc) is 0.803. The van der Waals surface area contributed by atoms with E-state index in [4.69, 9.17) is 40.0 Å². The quantitative estimate of drug-likeness (QED) is 0.0305. The number of nitrogens with zero attached hydrogens (tertiary/aromatic N) is 4. The van der Waals surface area contributed by atoms with E-state index in [0.717, 1.165) is 137 Å². The van der Waals surface area contributed by atoms with Gasteiger partial charge in [-0.05, 0) is 213 Å². The van der Waals surface area contributed by atoms with E-state index in [1.54, 1.807) is 56.1 Å². The summed E-state index contributed by atoms with van der Waals surface area (Å²) in [4.78, 5) is 55.9. The first-order valence-electron chi connectivity index (χ1n) is 33.9. The fraction of sp³-hybridized carbons (Fsp3) is 0.451. The van der Waals surface area contributed by atoms with E-state index in [-0.39, 0.29) is 88.8 Å². The number of likely N-dealkylation sites (tertiary alicyclic amines) is 1. The van der Waals surface area contributed by atoms with Crippen LogP contribution in [0, 0.1) is 47.9 Å². The smallest absolute Gasteiger partial charge is 0.376 e. The summed E-state index contributed by atoms with van der Waals surface area (Å²) in [5.74, 6) is 1.10. The number of carbonyl (C=O) groups is 4. The monoisotopic (exact) mass is 1390 g/mol. The number of hydrogen-bond donors (Lipinski definition) is 7. The lowest BCUT2D eigenvalue weighted by Gasteiger charge is -2.36. The summed E-state index contributed by atoms with van der Waals surface area (Å²) in [5, 5.41) is 33.9. The van der Waals surface area contributed by atoms with Crippen LogP contribution in [0.2, 0.25) is 18.7 Å². The maximum atomic E-state index is 15.1. The van der Waals surface area contributed by atoms with Crippen LogP contribution in [0.3, 0.4) is 0 Å². The molecule has 526 valence electrons. The minimum atomic E-state index is -0.556. The van der Waals surface area contributed by atoms with Gasteiger partial charge >= 0.3 is 14.1 Å². The second-order valence-electron chi connectivity index (χ2n) is 26.4. The van der Waals surface area contributed by atoms with Crippen molar-refractivity contribution in [3.63, 3.8) is 0 Å². The number of fused-ring (bicyclic) bond motifs is 6. The fourth-order valence-corrected chi connectivity index (χ4v) is 14.3. The van der Waals surface area contributed by atoms with E-state index in [1.807, 2.05) is 40.8 Å². The predicted molar refractivity (Wildman–Crippen MR) is 372 cm³/mol. The second-order valence-corrected chi connectivity index (χ2v) is 26.8. The van der Waals surface area contributed by atoms with Crippen molar-refractivity contribution in [2.24, 2.45) is 17.8 Å². The SMILES string of the molecule is CB(O)N1CCC/C(=C\c2cc(Cl)c3c(c2F)NC(=O)CO3)C1.COc1ccc(CC2CCCN(B(C)O)C2)c(F)c1NC=O.Cc1ccc2c3c(ccc2n1)OC[C@H](CN1CCCC(Cc2ccc4c(c2F)NC(=O)CO4)C1)O3.O=C1COc2ccc(CC3CCCNC3)c(F)c2N1. The molecule has 6 aromatic rings. The summed E-state index contributed by atoms with van der Waals surface area (Å²) < 4.78 is 91.9. The molecule has 9 heterocycles. The zero-order valence-corrected chi connectivity index (χ0v) is 56.9. The molecule has 0 radical (unpaired) electrons. The number of anilines is 4. The number of hydrogen-bond acceptors (Lipinski definition) is 17. The molecule has 4 amide bonds. The molecule has 8 aliphatic heterocycles. The summed E-state index contributed by atoms with van der Waals surface area (Å²) in [6, 6.07) is 19.8. The molecule has 4 fully saturated rings. The van der Waals surface area contributed by atoms with Crippen LogP contribution >= 0.6 is 11.6 Å². The molecule has 0 saturated carbocycles. The van der Waals surface area contributed by atoms with Crippen LogP contribution in [-0.2, 0) is 38.4 Å². The summed E-state index contributed by atoms with van der Waals surface area (Å²) in [7, 11) is 0.422. The molecular formula is C71H84B2ClF4N9O12. The Morgan fingerprint density at radius 3 is 1.95 bits per heavy atom.